The van der Waals surface area contributed by atoms with Crippen LogP contribution in [0.2, 0.25) is 0 Å². The van der Waals surface area contributed by atoms with E-state index in [1.54, 1.807) is 24.3 Å². The molecule has 0 aliphatic carbocycles. The van der Waals surface area contributed by atoms with Gasteiger partial charge in [0.25, 0.3) is 10.0 Å². The second-order valence-corrected chi connectivity index (χ2v) is 6.38. The van der Waals surface area contributed by atoms with E-state index in [1.165, 1.54) is 4.31 Å². The van der Waals surface area contributed by atoms with Crippen LogP contribution in [-0.2, 0) is 10.0 Å². The summed E-state index contributed by atoms with van der Waals surface area (Å²) in [6, 6.07) is 6.93. The van der Waals surface area contributed by atoms with Crippen LogP contribution >= 0.6 is 0 Å². The van der Waals surface area contributed by atoms with Crippen molar-refractivity contribution in [3.63, 3.8) is 0 Å². The number of oxazole rings is 1. The monoisotopic (exact) mass is 281 g/mol. The molecule has 0 amide bonds. The van der Waals surface area contributed by atoms with Crippen molar-refractivity contribution < 1.29 is 12.8 Å². The van der Waals surface area contributed by atoms with Crippen molar-refractivity contribution in [2.45, 2.75) is 18.2 Å². The molecule has 6 nitrogen and oxygen atoms in total. The number of para-hydroxylation sites is 2. The van der Waals surface area contributed by atoms with Crippen molar-refractivity contribution in [1.82, 2.24) is 14.6 Å². The lowest BCUT2D eigenvalue weighted by molar-refractivity contribution is 0.275. The van der Waals surface area contributed by atoms with Crippen LogP contribution in [0.3, 0.4) is 0 Å². The minimum absolute atomic E-state index is 0.103. The minimum atomic E-state index is -3.66. The van der Waals surface area contributed by atoms with Crippen molar-refractivity contribution in [1.29, 1.82) is 0 Å². The topological polar surface area (TPSA) is 75.4 Å². The van der Waals surface area contributed by atoms with Crippen LogP contribution in [0.1, 0.15) is 6.92 Å². The van der Waals surface area contributed by atoms with Gasteiger partial charge in [0.15, 0.2) is 5.58 Å². The number of aromatic nitrogens is 1. The summed E-state index contributed by atoms with van der Waals surface area (Å²) in [5, 5.41) is 2.94. The Morgan fingerprint density at radius 3 is 2.95 bits per heavy atom. The zero-order valence-corrected chi connectivity index (χ0v) is 11.4. The standard InChI is InChI=1S/C12H15N3O3S/c1-9-8-13-6-7-15(9)19(16,17)12-14-10-4-2-3-5-11(10)18-12/h2-5,9,13H,6-8H2,1H3/t9-/m1/s1. The van der Waals surface area contributed by atoms with E-state index in [4.69, 9.17) is 4.42 Å². The van der Waals surface area contributed by atoms with Crippen LogP contribution in [0.15, 0.2) is 33.9 Å². The van der Waals surface area contributed by atoms with Gasteiger partial charge in [-0.05, 0) is 19.1 Å². The fraction of sp³-hybridized carbons (Fsp3) is 0.417. The maximum Gasteiger partial charge on any atom is 0.332 e. The summed E-state index contributed by atoms with van der Waals surface area (Å²) in [5.41, 5.74) is 1.05. The van der Waals surface area contributed by atoms with E-state index >= 15 is 0 Å². The molecule has 0 bridgehead atoms. The van der Waals surface area contributed by atoms with Crippen molar-refractivity contribution in [2.75, 3.05) is 19.6 Å². The number of fused-ring (bicyclic) bond motifs is 1. The summed E-state index contributed by atoms with van der Waals surface area (Å²) in [6.07, 6.45) is 0. The molecular weight excluding hydrogens is 266 g/mol. The van der Waals surface area contributed by atoms with E-state index < -0.39 is 10.0 Å². The Labute approximate surface area is 111 Å². The predicted molar refractivity (Wildman–Crippen MR) is 70.2 cm³/mol. The minimum Gasteiger partial charge on any atom is -0.427 e. The molecule has 7 heteroatoms. The van der Waals surface area contributed by atoms with E-state index in [2.05, 4.69) is 10.3 Å². The molecule has 1 aromatic carbocycles. The molecule has 1 atom stereocenters. The molecule has 1 fully saturated rings. The quantitative estimate of drug-likeness (QED) is 0.881. The normalized spacial score (nSPS) is 21.8. The molecule has 1 saturated heterocycles. The highest BCUT2D eigenvalue weighted by atomic mass is 32.2. The highest BCUT2D eigenvalue weighted by molar-refractivity contribution is 7.88. The molecule has 1 aliphatic rings. The summed E-state index contributed by atoms with van der Waals surface area (Å²) < 4.78 is 31.8. The van der Waals surface area contributed by atoms with Crippen molar-refractivity contribution in [2.24, 2.45) is 0 Å². The number of hydrogen-bond acceptors (Lipinski definition) is 5. The zero-order valence-electron chi connectivity index (χ0n) is 10.5. The fourth-order valence-corrected chi connectivity index (χ4v) is 3.73. The summed E-state index contributed by atoms with van der Waals surface area (Å²) >= 11 is 0. The van der Waals surface area contributed by atoms with Crippen LogP contribution in [0, 0.1) is 0 Å². The Bertz CT molecular complexity index is 662. The van der Waals surface area contributed by atoms with Gasteiger partial charge in [-0.25, -0.2) is 8.42 Å². The first-order valence-corrected chi connectivity index (χ1v) is 7.61. The summed E-state index contributed by atoms with van der Waals surface area (Å²) in [4.78, 5) is 4.08. The van der Waals surface area contributed by atoms with Crippen LogP contribution in [0.4, 0.5) is 0 Å². The van der Waals surface area contributed by atoms with Gasteiger partial charge in [-0.3, -0.25) is 0 Å². The lowest BCUT2D eigenvalue weighted by Gasteiger charge is -2.31. The molecule has 0 spiro atoms. The maximum atomic E-state index is 12.5. The summed E-state index contributed by atoms with van der Waals surface area (Å²) in [7, 11) is -3.66. The van der Waals surface area contributed by atoms with Crippen molar-refractivity contribution >= 4 is 21.1 Å². The van der Waals surface area contributed by atoms with E-state index in [0.717, 1.165) is 0 Å². The van der Waals surface area contributed by atoms with Gasteiger partial charge < -0.3 is 9.73 Å². The Balaban J connectivity index is 2.03. The number of sulfonamides is 1. The molecule has 2 heterocycles. The Kier molecular flexibility index (Phi) is 3.04. The van der Waals surface area contributed by atoms with Gasteiger partial charge in [-0.15, -0.1) is 0 Å². The Morgan fingerprint density at radius 2 is 2.21 bits per heavy atom. The highest BCUT2D eigenvalue weighted by Gasteiger charge is 2.34. The maximum absolute atomic E-state index is 12.5. The average molecular weight is 281 g/mol. The third-order valence-electron chi connectivity index (χ3n) is 3.24. The van der Waals surface area contributed by atoms with Crippen LogP contribution in [-0.4, -0.2) is 43.4 Å². The van der Waals surface area contributed by atoms with Crippen LogP contribution in [0.5, 0.6) is 0 Å². The van der Waals surface area contributed by atoms with Crippen molar-refractivity contribution in [3.05, 3.63) is 24.3 Å². The Morgan fingerprint density at radius 1 is 1.42 bits per heavy atom. The molecule has 19 heavy (non-hydrogen) atoms. The molecule has 2 aromatic rings. The van der Waals surface area contributed by atoms with Crippen molar-refractivity contribution in [3.8, 4) is 0 Å². The molecule has 0 saturated carbocycles. The number of benzene rings is 1. The lowest BCUT2D eigenvalue weighted by atomic mass is 10.3. The van der Waals surface area contributed by atoms with E-state index in [9.17, 15) is 8.42 Å². The summed E-state index contributed by atoms with van der Waals surface area (Å²) in [6.45, 7) is 3.58. The highest BCUT2D eigenvalue weighted by Crippen LogP contribution is 2.23. The fourth-order valence-electron chi connectivity index (χ4n) is 2.24. The SMILES string of the molecule is C[C@@H]1CNCCN1S(=O)(=O)c1nc2ccccc2o1. The van der Waals surface area contributed by atoms with Gasteiger partial charge in [0.2, 0.25) is 0 Å². The molecule has 0 unspecified atom stereocenters. The first kappa shape index (κ1) is 12.6. The van der Waals surface area contributed by atoms with Gasteiger partial charge in [-0.1, -0.05) is 12.1 Å². The van der Waals surface area contributed by atoms with E-state index in [0.29, 0.717) is 30.7 Å². The smallest absolute Gasteiger partial charge is 0.332 e. The van der Waals surface area contributed by atoms with E-state index in [1.807, 2.05) is 6.92 Å². The Hall–Kier alpha value is -1.44. The number of nitrogens with one attached hydrogen (secondary N) is 1. The molecule has 1 N–H and O–H groups in total. The van der Waals surface area contributed by atoms with Gasteiger partial charge in [0.1, 0.15) is 5.52 Å². The second kappa shape index (κ2) is 4.59. The van der Waals surface area contributed by atoms with Crippen LogP contribution in [0.25, 0.3) is 11.1 Å². The van der Waals surface area contributed by atoms with Crippen LogP contribution < -0.4 is 5.32 Å². The molecular formula is C12H15N3O3S. The third-order valence-corrected chi connectivity index (χ3v) is 5.02. The number of nitrogens with zero attached hydrogens (tertiary/aromatic N) is 2. The average Bonchev–Trinajstić information content (AvgIpc) is 2.83. The molecule has 1 aliphatic heterocycles. The number of piperazine rings is 1. The van der Waals surface area contributed by atoms with Gasteiger partial charge >= 0.3 is 5.22 Å². The molecule has 102 valence electrons. The largest absolute Gasteiger partial charge is 0.427 e. The first-order valence-electron chi connectivity index (χ1n) is 6.17. The zero-order chi connectivity index (χ0) is 13.5. The third kappa shape index (κ3) is 2.13. The number of rotatable bonds is 2. The van der Waals surface area contributed by atoms with Gasteiger partial charge in [-0.2, -0.15) is 9.29 Å². The van der Waals surface area contributed by atoms with Gasteiger partial charge in [0.05, 0.1) is 0 Å². The molecule has 0 radical (unpaired) electrons. The van der Waals surface area contributed by atoms with Gasteiger partial charge in [0, 0.05) is 25.7 Å². The molecule has 1 aromatic heterocycles. The second-order valence-electron chi connectivity index (χ2n) is 4.62. The lowest BCUT2D eigenvalue weighted by Crippen LogP contribution is -2.52. The molecule has 3 rings (SSSR count). The predicted octanol–water partition coefficient (Wildman–Crippen LogP) is 0.810. The first-order chi connectivity index (χ1) is 9.09. The summed E-state index contributed by atoms with van der Waals surface area (Å²) in [5.74, 6) is 0. The van der Waals surface area contributed by atoms with E-state index in [-0.39, 0.29) is 11.3 Å². The number of hydrogen-bond donors (Lipinski definition) is 1.